The molecule has 0 bridgehead atoms. The molecular weight excluding hydrogens is 563 g/mol. The van der Waals surface area contributed by atoms with Crippen molar-refractivity contribution in [3.63, 3.8) is 0 Å². The van der Waals surface area contributed by atoms with Gasteiger partial charge in [-0.25, -0.2) is 0 Å². The van der Waals surface area contributed by atoms with E-state index in [0.717, 1.165) is 30.5 Å². The van der Waals surface area contributed by atoms with Gasteiger partial charge in [-0.3, -0.25) is 14.3 Å². The Kier molecular flexibility index (Phi) is 10.9. The van der Waals surface area contributed by atoms with Gasteiger partial charge in [0.05, 0.1) is 17.7 Å². The summed E-state index contributed by atoms with van der Waals surface area (Å²) in [7, 11) is 0. The zero-order valence-corrected chi connectivity index (χ0v) is 24.1. The van der Waals surface area contributed by atoms with Crippen molar-refractivity contribution in [1.82, 2.24) is 25.3 Å². The molecule has 0 radical (unpaired) electrons. The molecule has 0 aliphatic heterocycles. The van der Waals surface area contributed by atoms with Crippen molar-refractivity contribution in [2.24, 2.45) is 0 Å². The van der Waals surface area contributed by atoms with Gasteiger partial charge in [-0.15, -0.1) is 0 Å². The molecule has 0 unspecified atom stereocenters. The number of benzene rings is 2. The van der Waals surface area contributed by atoms with E-state index in [1.807, 2.05) is 37.3 Å². The standard InChI is InChI=1S/C31H38F3N5O4/c1-2-39-27(30(43)38(14-7-15-40)24-12-13-24)18-26(37-39)29(42)36-25(17-21-8-4-3-5-9-21)28(41)20-35-19-22-10-6-11-23(16-22)31(32,33)34/h3-6,8-11,16,18,24-25,28,35,40-41H,2,7,12-15,17,19-20H2,1H3,(H,36,42)/t25-,28+/m0/s1. The number of aromatic nitrogens is 2. The lowest BCUT2D eigenvalue weighted by molar-refractivity contribution is -0.137. The van der Waals surface area contributed by atoms with E-state index in [2.05, 4.69) is 15.7 Å². The Bertz CT molecular complexity index is 1360. The fourth-order valence-corrected chi connectivity index (χ4v) is 4.92. The van der Waals surface area contributed by atoms with Crippen LogP contribution in [0.4, 0.5) is 13.2 Å². The highest BCUT2D eigenvalue weighted by Crippen LogP contribution is 2.30. The van der Waals surface area contributed by atoms with Crippen molar-refractivity contribution < 1.29 is 33.0 Å². The van der Waals surface area contributed by atoms with Gasteiger partial charge in [-0.1, -0.05) is 48.5 Å². The van der Waals surface area contributed by atoms with Crippen LogP contribution in [0.2, 0.25) is 0 Å². The predicted octanol–water partition coefficient (Wildman–Crippen LogP) is 3.40. The molecule has 2 atom stereocenters. The molecule has 0 spiro atoms. The highest BCUT2D eigenvalue weighted by molar-refractivity contribution is 5.98. The molecule has 2 aromatic carbocycles. The Morgan fingerprint density at radius 1 is 1.09 bits per heavy atom. The molecular formula is C31H38F3N5O4. The van der Waals surface area contributed by atoms with Gasteiger partial charge in [0.15, 0.2) is 5.69 Å². The summed E-state index contributed by atoms with van der Waals surface area (Å²) in [6.07, 6.45) is -3.01. The molecule has 1 saturated carbocycles. The van der Waals surface area contributed by atoms with Crippen molar-refractivity contribution in [2.45, 2.75) is 70.1 Å². The Morgan fingerprint density at radius 2 is 1.81 bits per heavy atom. The molecule has 232 valence electrons. The first-order valence-electron chi connectivity index (χ1n) is 14.5. The fraction of sp³-hybridized carbons (Fsp3) is 0.452. The highest BCUT2D eigenvalue weighted by atomic mass is 19.4. The maximum atomic E-state index is 13.4. The molecule has 12 heteroatoms. The van der Waals surface area contributed by atoms with Gasteiger partial charge >= 0.3 is 6.18 Å². The number of amides is 2. The minimum atomic E-state index is -4.45. The Morgan fingerprint density at radius 3 is 2.47 bits per heavy atom. The van der Waals surface area contributed by atoms with Crippen LogP contribution in [0.1, 0.15) is 63.9 Å². The summed E-state index contributed by atoms with van der Waals surface area (Å²) in [5.41, 5.74) is 0.834. The minimum Gasteiger partial charge on any atom is -0.396 e. The Labute approximate surface area is 248 Å². The van der Waals surface area contributed by atoms with Crippen LogP contribution in [-0.4, -0.2) is 74.6 Å². The number of alkyl halides is 3. The van der Waals surface area contributed by atoms with Crippen molar-refractivity contribution in [3.8, 4) is 0 Å². The van der Waals surface area contributed by atoms with E-state index in [9.17, 15) is 33.0 Å². The second kappa shape index (κ2) is 14.6. The molecule has 1 heterocycles. The number of aliphatic hydroxyl groups excluding tert-OH is 2. The number of nitrogens with zero attached hydrogens (tertiary/aromatic N) is 3. The number of rotatable bonds is 15. The molecule has 43 heavy (non-hydrogen) atoms. The number of hydrogen-bond donors (Lipinski definition) is 4. The zero-order chi connectivity index (χ0) is 31.0. The van der Waals surface area contributed by atoms with Crippen LogP contribution in [0.3, 0.4) is 0 Å². The summed E-state index contributed by atoms with van der Waals surface area (Å²) in [5, 5.41) is 30.5. The lowest BCUT2D eigenvalue weighted by atomic mass is 10.0. The van der Waals surface area contributed by atoms with Gasteiger partial charge in [0.25, 0.3) is 11.8 Å². The largest absolute Gasteiger partial charge is 0.416 e. The smallest absolute Gasteiger partial charge is 0.396 e. The maximum Gasteiger partial charge on any atom is 0.416 e. The SMILES string of the molecule is CCn1nc(C(=O)N[C@@H](Cc2ccccc2)[C@H](O)CNCc2cccc(C(F)(F)F)c2)cc1C(=O)N(CCCO)C1CC1. The summed E-state index contributed by atoms with van der Waals surface area (Å²) in [6.45, 7) is 2.66. The van der Waals surface area contributed by atoms with E-state index in [1.54, 1.807) is 11.0 Å². The first-order valence-corrected chi connectivity index (χ1v) is 14.5. The summed E-state index contributed by atoms with van der Waals surface area (Å²) >= 11 is 0. The summed E-state index contributed by atoms with van der Waals surface area (Å²) in [5.74, 6) is -0.809. The molecule has 1 aromatic heterocycles. The fourth-order valence-electron chi connectivity index (χ4n) is 4.92. The molecule has 1 aliphatic rings. The van der Waals surface area contributed by atoms with E-state index in [0.29, 0.717) is 25.1 Å². The van der Waals surface area contributed by atoms with Crippen LogP contribution >= 0.6 is 0 Å². The number of aliphatic hydroxyl groups is 2. The van der Waals surface area contributed by atoms with Gasteiger partial charge in [-0.2, -0.15) is 18.3 Å². The van der Waals surface area contributed by atoms with Crippen molar-refractivity contribution in [2.75, 3.05) is 19.7 Å². The number of carbonyl (C=O) groups excluding carboxylic acids is 2. The van der Waals surface area contributed by atoms with Crippen LogP contribution in [0.5, 0.6) is 0 Å². The predicted molar refractivity (Wildman–Crippen MR) is 154 cm³/mol. The molecule has 0 saturated heterocycles. The second-order valence-corrected chi connectivity index (χ2v) is 10.7. The normalized spacial score (nSPS) is 14.7. The Hall–Kier alpha value is -3.74. The van der Waals surface area contributed by atoms with E-state index >= 15 is 0 Å². The number of carbonyl (C=O) groups is 2. The topological polar surface area (TPSA) is 120 Å². The first-order chi connectivity index (χ1) is 20.6. The quantitative estimate of drug-likeness (QED) is 0.212. The molecule has 1 fully saturated rings. The van der Waals surface area contributed by atoms with Crippen LogP contribution in [-0.2, 0) is 25.7 Å². The number of aryl methyl sites for hydroxylation is 1. The average Bonchev–Trinajstić information content (AvgIpc) is 3.73. The third-order valence-corrected chi connectivity index (χ3v) is 7.35. The molecule has 4 N–H and O–H groups in total. The Balaban J connectivity index is 1.46. The van der Waals surface area contributed by atoms with Gasteiger partial charge in [0.1, 0.15) is 5.69 Å². The van der Waals surface area contributed by atoms with Crippen LogP contribution < -0.4 is 10.6 Å². The summed E-state index contributed by atoms with van der Waals surface area (Å²) < 4.78 is 40.7. The monoisotopic (exact) mass is 601 g/mol. The lowest BCUT2D eigenvalue weighted by Gasteiger charge is -2.24. The number of nitrogens with one attached hydrogen (secondary N) is 2. The van der Waals surface area contributed by atoms with E-state index in [4.69, 9.17) is 0 Å². The van der Waals surface area contributed by atoms with E-state index in [-0.39, 0.29) is 49.5 Å². The summed E-state index contributed by atoms with van der Waals surface area (Å²) in [6, 6.07) is 15.0. The van der Waals surface area contributed by atoms with Crippen LogP contribution in [0.25, 0.3) is 0 Å². The van der Waals surface area contributed by atoms with Gasteiger partial charge in [0.2, 0.25) is 0 Å². The van der Waals surface area contributed by atoms with Crippen LogP contribution in [0, 0.1) is 0 Å². The van der Waals surface area contributed by atoms with Gasteiger partial charge in [0, 0.05) is 44.9 Å². The zero-order valence-electron chi connectivity index (χ0n) is 24.1. The lowest BCUT2D eigenvalue weighted by Crippen LogP contribution is -2.48. The van der Waals surface area contributed by atoms with E-state index < -0.39 is 29.8 Å². The second-order valence-electron chi connectivity index (χ2n) is 10.7. The van der Waals surface area contributed by atoms with E-state index in [1.165, 1.54) is 16.8 Å². The molecule has 2 amide bonds. The van der Waals surface area contributed by atoms with Crippen LogP contribution in [0.15, 0.2) is 60.7 Å². The number of halogens is 3. The molecule has 1 aliphatic carbocycles. The van der Waals surface area contributed by atoms with Gasteiger partial charge < -0.3 is 25.7 Å². The van der Waals surface area contributed by atoms with Gasteiger partial charge in [-0.05, 0) is 49.8 Å². The number of hydrogen-bond acceptors (Lipinski definition) is 6. The average molecular weight is 602 g/mol. The molecule has 9 nitrogen and oxygen atoms in total. The first kappa shape index (κ1) is 32.2. The van der Waals surface area contributed by atoms with Crippen molar-refractivity contribution in [1.29, 1.82) is 0 Å². The molecule has 4 rings (SSSR count). The van der Waals surface area contributed by atoms with Crippen molar-refractivity contribution in [3.05, 3.63) is 88.7 Å². The maximum absolute atomic E-state index is 13.4. The third kappa shape index (κ3) is 8.88. The summed E-state index contributed by atoms with van der Waals surface area (Å²) in [4.78, 5) is 28.5. The molecule has 3 aromatic rings. The van der Waals surface area contributed by atoms with Crippen molar-refractivity contribution >= 4 is 11.8 Å². The minimum absolute atomic E-state index is 0.00235. The third-order valence-electron chi connectivity index (χ3n) is 7.35. The highest BCUT2D eigenvalue weighted by Gasteiger charge is 2.35.